The second-order valence-corrected chi connectivity index (χ2v) is 5.61. The lowest BCUT2D eigenvalue weighted by atomic mass is 10.1. The minimum absolute atomic E-state index is 0.0345. The first-order valence-electron chi connectivity index (χ1n) is 6.44. The van der Waals surface area contributed by atoms with Crippen LogP contribution >= 0.6 is 15.9 Å². The molecular formula is C14H20BrFN2O. The summed E-state index contributed by atoms with van der Waals surface area (Å²) >= 11 is 3.15. The molecule has 106 valence electrons. The minimum Gasteiger partial charge on any atom is -0.352 e. The van der Waals surface area contributed by atoms with Gasteiger partial charge in [-0.2, -0.15) is 0 Å². The van der Waals surface area contributed by atoms with Gasteiger partial charge in [-0.1, -0.05) is 19.4 Å². The SMILES string of the molecule is CCCC(N)C(=O)NC(C)Cc1ccc(F)c(Br)c1. The van der Waals surface area contributed by atoms with Gasteiger partial charge >= 0.3 is 0 Å². The van der Waals surface area contributed by atoms with E-state index < -0.39 is 6.04 Å². The van der Waals surface area contributed by atoms with Crippen LogP contribution in [0.5, 0.6) is 0 Å². The van der Waals surface area contributed by atoms with Gasteiger partial charge in [0.25, 0.3) is 0 Å². The van der Waals surface area contributed by atoms with E-state index in [0.29, 0.717) is 17.3 Å². The monoisotopic (exact) mass is 330 g/mol. The zero-order valence-electron chi connectivity index (χ0n) is 11.2. The second-order valence-electron chi connectivity index (χ2n) is 4.76. The highest BCUT2D eigenvalue weighted by Crippen LogP contribution is 2.17. The number of carbonyl (C=O) groups excluding carboxylic acids is 1. The molecule has 0 aliphatic carbocycles. The van der Waals surface area contributed by atoms with E-state index >= 15 is 0 Å². The van der Waals surface area contributed by atoms with Crippen LogP contribution in [0.4, 0.5) is 4.39 Å². The predicted octanol–water partition coefficient (Wildman–Crippen LogP) is 2.76. The molecule has 0 aromatic heterocycles. The highest BCUT2D eigenvalue weighted by Gasteiger charge is 2.15. The van der Waals surface area contributed by atoms with Crippen LogP contribution in [0.25, 0.3) is 0 Å². The van der Waals surface area contributed by atoms with Gasteiger partial charge in [0.15, 0.2) is 0 Å². The van der Waals surface area contributed by atoms with Gasteiger partial charge in [0.05, 0.1) is 10.5 Å². The number of rotatable bonds is 6. The van der Waals surface area contributed by atoms with Crippen molar-refractivity contribution in [3.05, 3.63) is 34.1 Å². The van der Waals surface area contributed by atoms with Crippen molar-refractivity contribution in [3.63, 3.8) is 0 Å². The second kappa shape index (κ2) is 7.60. The molecule has 5 heteroatoms. The van der Waals surface area contributed by atoms with E-state index in [2.05, 4.69) is 21.2 Å². The lowest BCUT2D eigenvalue weighted by Gasteiger charge is -2.17. The smallest absolute Gasteiger partial charge is 0.237 e. The summed E-state index contributed by atoms with van der Waals surface area (Å²) in [7, 11) is 0. The summed E-state index contributed by atoms with van der Waals surface area (Å²) in [5, 5.41) is 2.87. The van der Waals surface area contributed by atoms with Crippen molar-refractivity contribution in [1.29, 1.82) is 0 Å². The predicted molar refractivity (Wildman–Crippen MR) is 78.3 cm³/mol. The maximum atomic E-state index is 13.1. The lowest BCUT2D eigenvalue weighted by Crippen LogP contribution is -2.45. The van der Waals surface area contributed by atoms with E-state index in [0.717, 1.165) is 12.0 Å². The Morgan fingerprint density at radius 2 is 2.21 bits per heavy atom. The number of hydrogen-bond donors (Lipinski definition) is 2. The first-order chi connectivity index (χ1) is 8.93. The van der Waals surface area contributed by atoms with Gasteiger partial charge in [0, 0.05) is 6.04 Å². The molecule has 3 N–H and O–H groups in total. The molecule has 0 saturated heterocycles. The number of carbonyl (C=O) groups is 1. The summed E-state index contributed by atoms with van der Waals surface area (Å²) in [5.41, 5.74) is 6.71. The highest BCUT2D eigenvalue weighted by atomic mass is 79.9. The molecule has 0 spiro atoms. The number of amides is 1. The van der Waals surface area contributed by atoms with Crippen molar-refractivity contribution in [2.45, 2.75) is 45.2 Å². The van der Waals surface area contributed by atoms with Crippen molar-refractivity contribution in [2.24, 2.45) is 5.73 Å². The number of benzene rings is 1. The van der Waals surface area contributed by atoms with E-state index in [-0.39, 0.29) is 17.8 Å². The maximum absolute atomic E-state index is 13.1. The molecule has 2 unspecified atom stereocenters. The van der Waals surface area contributed by atoms with Gasteiger partial charge in [-0.3, -0.25) is 4.79 Å². The summed E-state index contributed by atoms with van der Waals surface area (Å²) < 4.78 is 13.5. The topological polar surface area (TPSA) is 55.1 Å². The summed E-state index contributed by atoms with van der Waals surface area (Å²) in [4.78, 5) is 11.7. The van der Waals surface area contributed by atoms with Crippen molar-refractivity contribution >= 4 is 21.8 Å². The molecular weight excluding hydrogens is 311 g/mol. The molecule has 1 aromatic carbocycles. The van der Waals surface area contributed by atoms with Gasteiger partial charge < -0.3 is 11.1 Å². The van der Waals surface area contributed by atoms with Crippen molar-refractivity contribution in [3.8, 4) is 0 Å². The van der Waals surface area contributed by atoms with E-state index in [1.54, 1.807) is 12.1 Å². The Morgan fingerprint density at radius 3 is 2.79 bits per heavy atom. The van der Waals surface area contributed by atoms with Crippen molar-refractivity contribution in [2.75, 3.05) is 0 Å². The fraction of sp³-hybridized carbons (Fsp3) is 0.500. The Morgan fingerprint density at radius 1 is 1.53 bits per heavy atom. The van der Waals surface area contributed by atoms with Gasteiger partial charge in [0.1, 0.15) is 5.82 Å². The molecule has 0 bridgehead atoms. The fourth-order valence-corrected chi connectivity index (χ4v) is 2.29. The van der Waals surface area contributed by atoms with Crippen LogP contribution in [-0.2, 0) is 11.2 Å². The average molecular weight is 331 g/mol. The number of nitrogens with one attached hydrogen (secondary N) is 1. The van der Waals surface area contributed by atoms with Crippen LogP contribution in [0.3, 0.4) is 0 Å². The molecule has 0 heterocycles. The summed E-state index contributed by atoms with van der Waals surface area (Å²) in [6.07, 6.45) is 2.21. The molecule has 3 nitrogen and oxygen atoms in total. The Balaban J connectivity index is 2.52. The largest absolute Gasteiger partial charge is 0.352 e. The van der Waals surface area contributed by atoms with E-state index in [4.69, 9.17) is 5.73 Å². The van der Waals surface area contributed by atoms with Gasteiger partial charge in [-0.15, -0.1) is 0 Å². The van der Waals surface area contributed by atoms with Crippen LogP contribution < -0.4 is 11.1 Å². The molecule has 0 saturated carbocycles. The molecule has 0 fully saturated rings. The summed E-state index contributed by atoms with van der Waals surface area (Å²) in [6, 6.07) is 4.37. The third-order valence-electron chi connectivity index (χ3n) is 2.85. The quantitative estimate of drug-likeness (QED) is 0.842. The van der Waals surface area contributed by atoms with Gasteiger partial charge in [-0.25, -0.2) is 4.39 Å². The van der Waals surface area contributed by atoms with Gasteiger partial charge in [0.2, 0.25) is 5.91 Å². The Kier molecular flexibility index (Phi) is 6.45. The first kappa shape index (κ1) is 16.1. The number of halogens is 2. The Labute approximate surface area is 121 Å². The minimum atomic E-state index is -0.451. The average Bonchev–Trinajstić information content (AvgIpc) is 2.34. The van der Waals surface area contributed by atoms with Crippen LogP contribution in [0, 0.1) is 5.82 Å². The van der Waals surface area contributed by atoms with Crippen LogP contribution in [0.2, 0.25) is 0 Å². The molecule has 0 radical (unpaired) electrons. The molecule has 0 aliphatic heterocycles. The fourth-order valence-electron chi connectivity index (χ4n) is 1.86. The van der Waals surface area contributed by atoms with E-state index in [1.807, 2.05) is 13.8 Å². The molecule has 19 heavy (non-hydrogen) atoms. The maximum Gasteiger partial charge on any atom is 0.237 e. The Hall–Kier alpha value is -0.940. The number of nitrogens with two attached hydrogens (primary N) is 1. The third kappa shape index (κ3) is 5.28. The van der Waals surface area contributed by atoms with E-state index in [9.17, 15) is 9.18 Å². The van der Waals surface area contributed by atoms with Crippen molar-refractivity contribution < 1.29 is 9.18 Å². The molecule has 1 rings (SSSR count). The van der Waals surface area contributed by atoms with Crippen LogP contribution in [-0.4, -0.2) is 18.0 Å². The number of hydrogen-bond acceptors (Lipinski definition) is 2. The third-order valence-corrected chi connectivity index (χ3v) is 3.46. The summed E-state index contributed by atoms with van der Waals surface area (Å²) in [6.45, 7) is 3.90. The molecule has 1 aromatic rings. The lowest BCUT2D eigenvalue weighted by molar-refractivity contribution is -0.123. The molecule has 1 amide bonds. The molecule has 0 aliphatic rings. The zero-order valence-corrected chi connectivity index (χ0v) is 12.8. The van der Waals surface area contributed by atoms with E-state index in [1.165, 1.54) is 6.07 Å². The van der Waals surface area contributed by atoms with Crippen LogP contribution in [0.1, 0.15) is 32.3 Å². The highest BCUT2D eigenvalue weighted by molar-refractivity contribution is 9.10. The Bertz CT molecular complexity index is 439. The van der Waals surface area contributed by atoms with Gasteiger partial charge in [-0.05, 0) is 53.4 Å². The van der Waals surface area contributed by atoms with Crippen molar-refractivity contribution in [1.82, 2.24) is 5.32 Å². The zero-order chi connectivity index (χ0) is 14.4. The van der Waals surface area contributed by atoms with Crippen LogP contribution in [0.15, 0.2) is 22.7 Å². The molecule has 2 atom stereocenters. The normalized spacial score (nSPS) is 13.9. The standard InChI is InChI=1S/C14H20BrFN2O/c1-3-4-13(17)14(19)18-9(2)7-10-5-6-12(16)11(15)8-10/h5-6,8-9,13H,3-4,7,17H2,1-2H3,(H,18,19). The summed E-state index contributed by atoms with van der Waals surface area (Å²) in [5.74, 6) is -0.416. The first-order valence-corrected chi connectivity index (χ1v) is 7.23.